The van der Waals surface area contributed by atoms with Gasteiger partial charge in [0.25, 0.3) is 5.91 Å². The van der Waals surface area contributed by atoms with E-state index >= 15 is 0 Å². The Bertz CT molecular complexity index is 435. The van der Waals surface area contributed by atoms with Gasteiger partial charge in [0.1, 0.15) is 5.75 Å². The Kier molecular flexibility index (Phi) is 6.05. The largest absolute Gasteiger partial charge is 0.484 e. The van der Waals surface area contributed by atoms with Crippen LogP contribution in [-0.2, 0) is 4.79 Å². The van der Waals surface area contributed by atoms with Crippen LogP contribution in [-0.4, -0.2) is 19.1 Å². The van der Waals surface area contributed by atoms with Gasteiger partial charge in [0.05, 0.1) is 0 Å². The van der Waals surface area contributed by atoms with E-state index in [0.29, 0.717) is 12.5 Å². The van der Waals surface area contributed by atoms with Gasteiger partial charge in [0.15, 0.2) is 6.61 Å². The summed E-state index contributed by atoms with van der Waals surface area (Å²) in [5.41, 5.74) is 1.45. The highest BCUT2D eigenvalue weighted by Gasteiger charge is 2.21. The smallest absolute Gasteiger partial charge is 0.257 e. The van der Waals surface area contributed by atoms with Gasteiger partial charge in [-0.1, -0.05) is 46.8 Å². The van der Waals surface area contributed by atoms with Crippen LogP contribution < -0.4 is 10.1 Å². The summed E-state index contributed by atoms with van der Waals surface area (Å²) in [6.07, 6.45) is 0.935. The zero-order valence-corrected chi connectivity index (χ0v) is 13.3. The molecule has 0 spiro atoms. The lowest BCUT2D eigenvalue weighted by atomic mass is 9.78. The molecule has 3 nitrogen and oxygen atoms in total. The van der Waals surface area contributed by atoms with Gasteiger partial charge in [-0.3, -0.25) is 4.79 Å². The second-order valence-corrected chi connectivity index (χ2v) is 6.30. The minimum Gasteiger partial charge on any atom is -0.484 e. The summed E-state index contributed by atoms with van der Waals surface area (Å²) >= 11 is 0. The molecule has 0 saturated heterocycles. The van der Waals surface area contributed by atoms with Crippen molar-refractivity contribution in [3.05, 3.63) is 29.8 Å². The number of ether oxygens (including phenoxy) is 1. The van der Waals surface area contributed by atoms with Crippen LogP contribution in [0.1, 0.15) is 52.5 Å². The summed E-state index contributed by atoms with van der Waals surface area (Å²) < 4.78 is 5.56. The first kappa shape index (κ1) is 16.5. The summed E-state index contributed by atoms with van der Waals surface area (Å²) in [5.74, 6) is 1.12. The van der Waals surface area contributed by atoms with Crippen molar-refractivity contribution in [1.82, 2.24) is 5.32 Å². The van der Waals surface area contributed by atoms with Gasteiger partial charge >= 0.3 is 0 Å². The average Bonchev–Trinajstić information content (AvgIpc) is 2.41. The molecule has 1 aromatic carbocycles. The van der Waals surface area contributed by atoms with Crippen molar-refractivity contribution in [1.29, 1.82) is 0 Å². The van der Waals surface area contributed by atoms with Crippen molar-refractivity contribution >= 4 is 5.91 Å². The van der Waals surface area contributed by atoms with E-state index in [1.807, 2.05) is 25.1 Å². The number of amides is 1. The lowest BCUT2D eigenvalue weighted by Crippen LogP contribution is -2.29. The molecule has 3 heteroatoms. The number of carbonyl (C=O) groups is 1. The minimum atomic E-state index is -0.0684. The van der Waals surface area contributed by atoms with Crippen LogP contribution in [0.2, 0.25) is 0 Å². The van der Waals surface area contributed by atoms with Gasteiger partial charge in [-0.15, -0.1) is 0 Å². The maximum absolute atomic E-state index is 11.5. The molecule has 0 fully saturated rings. The van der Waals surface area contributed by atoms with E-state index in [0.717, 1.165) is 12.2 Å². The van der Waals surface area contributed by atoms with Gasteiger partial charge in [-0.2, -0.15) is 0 Å². The molecule has 0 bridgehead atoms. The van der Waals surface area contributed by atoms with Gasteiger partial charge < -0.3 is 10.1 Å². The third-order valence-electron chi connectivity index (χ3n) is 3.60. The molecular formula is C17H27NO2. The number of benzene rings is 1. The molecule has 0 aliphatic heterocycles. The summed E-state index contributed by atoms with van der Waals surface area (Å²) in [7, 11) is 0. The van der Waals surface area contributed by atoms with E-state index in [9.17, 15) is 4.79 Å². The zero-order valence-electron chi connectivity index (χ0n) is 13.3. The number of nitrogens with one attached hydrogen (secondary N) is 1. The number of hydrogen-bond donors (Lipinski definition) is 1. The second-order valence-electron chi connectivity index (χ2n) is 6.30. The fraction of sp³-hybridized carbons (Fsp3) is 0.588. The third-order valence-corrected chi connectivity index (χ3v) is 3.60. The predicted octanol–water partition coefficient (Wildman–Crippen LogP) is 3.74. The average molecular weight is 277 g/mol. The van der Waals surface area contributed by atoms with E-state index in [1.165, 1.54) is 5.56 Å². The molecule has 1 aromatic rings. The van der Waals surface area contributed by atoms with Crippen molar-refractivity contribution in [2.45, 2.75) is 47.0 Å². The summed E-state index contributed by atoms with van der Waals surface area (Å²) in [4.78, 5) is 11.5. The van der Waals surface area contributed by atoms with E-state index in [1.54, 1.807) is 0 Å². The van der Waals surface area contributed by atoms with Gasteiger partial charge in [0, 0.05) is 6.54 Å². The molecule has 1 N–H and O–H groups in total. The quantitative estimate of drug-likeness (QED) is 0.860. The monoisotopic (exact) mass is 277 g/mol. The Morgan fingerprint density at radius 2 is 2.05 bits per heavy atom. The molecule has 1 unspecified atom stereocenters. The Balaban J connectivity index is 2.62. The fourth-order valence-corrected chi connectivity index (χ4v) is 1.84. The standard InChI is InChI=1S/C17H27NO2/c1-6-10-18-16(19)12-20-15-9-7-8-14(11-15)13(2)17(3,4)5/h7-9,11,13H,6,10,12H2,1-5H3,(H,18,19). The van der Waals surface area contributed by atoms with Crippen LogP contribution in [0, 0.1) is 5.41 Å². The molecule has 0 heterocycles. The first-order valence-corrected chi connectivity index (χ1v) is 7.34. The highest BCUT2D eigenvalue weighted by atomic mass is 16.5. The normalized spacial score (nSPS) is 12.8. The second kappa shape index (κ2) is 7.32. The molecule has 1 amide bonds. The van der Waals surface area contributed by atoms with Crippen LogP contribution in [0.3, 0.4) is 0 Å². The van der Waals surface area contributed by atoms with Crippen molar-refractivity contribution in [2.24, 2.45) is 5.41 Å². The van der Waals surface area contributed by atoms with E-state index in [4.69, 9.17) is 4.74 Å². The van der Waals surface area contributed by atoms with E-state index < -0.39 is 0 Å². The van der Waals surface area contributed by atoms with Crippen LogP contribution in [0.5, 0.6) is 5.75 Å². The maximum atomic E-state index is 11.5. The van der Waals surface area contributed by atoms with Gasteiger partial charge in [0.2, 0.25) is 0 Å². The third kappa shape index (κ3) is 5.24. The minimum absolute atomic E-state index is 0.0684. The zero-order chi connectivity index (χ0) is 15.2. The highest BCUT2D eigenvalue weighted by Crippen LogP contribution is 2.35. The maximum Gasteiger partial charge on any atom is 0.257 e. The summed E-state index contributed by atoms with van der Waals surface area (Å²) in [5, 5.41) is 2.80. The molecule has 20 heavy (non-hydrogen) atoms. The number of hydrogen-bond acceptors (Lipinski definition) is 2. The lowest BCUT2D eigenvalue weighted by Gasteiger charge is -2.27. The molecule has 112 valence electrons. The molecular weight excluding hydrogens is 250 g/mol. The topological polar surface area (TPSA) is 38.3 Å². The van der Waals surface area contributed by atoms with Gasteiger partial charge in [-0.25, -0.2) is 0 Å². The van der Waals surface area contributed by atoms with E-state index in [2.05, 4.69) is 39.1 Å². The molecule has 0 aliphatic carbocycles. The van der Waals surface area contributed by atoms with Crippen LogP contribution in [0.15, 0.2) is 24.3 Å². The molecule has 0 aromatic heterocycles. The molecule has 1 rings (SSSR count). The van der Waals surface area contributed by atoms with E-state index in [-0.39, 0.29) is 17.9 Å². The Labute approximate surface area is 122 Å². The SMILES string of the molecule is CCCNC(=O)COc1cccc(C(C)C(C)(C)C)c1. The highest BCUT2D eigenvalue weighted by molar-refractivity contribution is 5.77. The van der Waals surface area contributed by atoms with Crippen molar-refractivity contribution in [3.8, 4) is 5.75 Å². The Morgan fingerprint density at radius 3 is 2.65 bits per heavy atom. The van der Waals surface area contributed by atoms with Crippen LogP contribution >= 0.6 is 0 Å². The molecule has 0 radical (unpaired) electrons. The Morgan fingerprint density at radius 1 is 1.35 bits per heavy atom. The first-order chi connectivity index (χ1) is 9.34. The van der Waals surface area contributed by atoms with Crippen LogP contribution in [0.25, 0.3) is 0 Å². The van der Waals surface area contributed by atoms with Crippen molar-refractivity contribution in [3.63, 3.8) is 0 Å². The van der Waals surface area contributed by atoms with Crippen molar-refractivity contribution in [2.75, 3.05) is 13.2 Å². The molecule has 0 aliphatic rings. The first-order valence-electron chi connectivity index (χ1n) is 7.34. The van der Waals surface area contributed by atoms with Crippen molar-refractivity contribution < 1.29 is 9.53 Å². The van der Waals surface area contributed by atoms with Gasteiger partial charge in [-0.05, 0) is 35.4 Å². The molecule has 0 saturated carbocycles. The predicted molar refractivity (Wildman–Crippen MR) is 83.1 cm³/mol. The number of rotatable bonds is 6. The number of carbonyl (C=O) groups excluding carboxylic acids is 1. The van der Waals surface area contributed by atoms with Crippen LogP contribution in [0.4, 0.5) is 0 Å². The fourth-order valence-electron chi connectivity index (χ4n) is 1.84. The Hall–Kier alpha value is -1.51. The molecule has 1 atom stereocenters. The summed E-state index contributed by atoms with van der Waals surface area (Å²) in [6.45, 7) is 11.7. The lowest BCUT2D eigenvalue weighted by molar-refractivity contribution is -0.123. The summed E-state index contributed by atoms with van der Waals surface area (Å²) in [6, 6.07) is 8.02.